The number of benzene rings is 1. The summed E-state index contributed by atoms with van der Waals surface area (Å²) in [6.07, 6.45) is 9.49. The molecule has 0 heteroatoms. The van der Waals surface area contributed by atoms with Crippen LogP contribution < -0.4 is 0 Å². The second kappa shape index (κ2) is 7.27. The third kappa shape index (κ3) is 4.22. The van der Waals surface area contributed by atoms with E-state index in [4.69, 9.17) is 0 Å². The lowest BCUT2D eigenvalue weighted by molar-refractivity contribution is 0.733. The highest BCUT2D eigenvalue weighted by atomic mass is 14.1. The molecular formula is C16H24. The van der Waals surface area contributed by atoms with E-state index in [0.29, 0.717) is 5.92 Å². The lowest BCUT2D eigenvalue weighted by Gasteiger charge is -2.08. The summed E-state index contributed by atoms with van der Waals surface area (Å²) >= 11 is 0. The van der Waals surface area contributed by atoms with Gasteiger partial charge in [0.2, 0.25) is 0 Å². The molecule has 1 unspecified atom stereocenters. The van der Waals surface area contributed by atoms with Gasteiger partial charge in [-0.2, -0.15) is 0 Å². The fourth-order valence-corrected chi connectivity index (χ4v) is 1.71. The average Bonchev–Trinajstić information content (AvgIpc) is 2.34. The molecule has 0 heterocycles. The molecule has 1 atom stereocenters. The number of allylic oxidation sites excluding steroid dienone is 1. The Morgan fingerprint density at radius 3 is 2.38 bits per heavy atom. The summed E-state index contributed by atoms with van der Waals surface area (Å²) in [5, 5.41) is 0. The normalized spacial score (nSPS) is 13.2. The van der Waals surface area contributed by atoms with E-state index in [2.05, 4.69) is 57.2 Å². The van der Waals surface area contributed by atoms with E-state index in [1.54, 1.807) is 0 Å². The molecule has 0 bridgehead atoms. The molecule has 0 amide bonds. The van der Waals surface area contributed by atoms with E-state index in [9.17, 15) is 0 Å². The van der Waals surface area contributed by atoms with Crippen molar-refractivity contribution in [3.63, 3.8) is 0 Å². The molecule has 0 aromatic heterocycles. The molecule has 0 N–H and O–H groups in total. The molecule has 1 aromatic rings. The van der Waals surface area contributed by atoms with Crippen molar-refractivity contribution >= 4 is 6.08 Å². The molecule has 0 radical (unpaired) electrons. The van der Waals surface area contributed by atoms with Crippen molar-refractivity contribution < 1.29 is 0 Å². The van der Waals surface area contributed by atoms with E-state index in [-0.39, 0.29) is 0 Å². The summed E-state index contributed by atoms with van der Waals surface area (Å²) in [6.45, 7) is 6.75. The number of hydrogen-bond acceptors (Lipinski definition) is 0. The number of hydrogen-bond donors (Lipinski definition) is 0. The maximum absolute atomic E-state index is 2.28. The van der Waals surface area contributed by atoms with Crippen molar-refractivity contribution in [1.82, 2.24) is 0 Å². The summed E-state index contributed by atoms with van der Waals surface area (Å²) in [4.78, 5) is 0. The summed E-state index contributed by atoms with van der Waals surface area (Å²) in [5.74, 6) is 0.679. The Kier molecular flexibility index (Phi) is 5.92. The summed E-state index contributed by atoms with van der Waals surface area (Å²) in [7, 11) is 0. The van der Waals surface area contributed by atoms with Crippen LogP contribution in [0.2, 0.25) is 0 Å². The van der Waals surface area contributed by atoms with Crippen LogP contribution in [0.1, 0.15) is 63.5 Å². The molecule has 0 spiro atoms. The van der Waals surface area contributed by atoms with Crippen LogP contribution in [-0.2, 0) is 0 Å². The first-order valence-electron chi connectivity index (χ1n) is 6.54. The van der Waals surface area contributed by atoms with Crippen LogP contribution in [0.4, 0.5) is 0 Å². The third-order valence-corrected chi connectivity index (χ3v) is 3.15. The second-order valence-electron chi connectivity index (χ2n) is 4.52. The first kappa shape index (κ1) is 13.0. The molecule has 0 nitrogen and oxygen atoms in total. The van der Waals surface area contributed by atoms with Crippen molar-refractivity contribution in [3.05, 3.63) is 41.5 Å². The maximum Gasteiger partial charge on any atom is -0.0193 e. The quantitative estimate of drug-likeness (QED) is 0.558. The lowest BCUT2D eigenvalue weighted by atomic mass is 9.97. The molecule has 0 aliphatic heterocycles. The highest BCUT2D eigenvalue weighted by Crippen LogP contribution is 2.19. The summed E-state index contributed by atoms with van der Waals surface area (Å²) in [6, 6.07) is 8.97. The Morgan fingerprint density at radius 1 is 1.12 bits per heavy atom. The highest BCUT2D eigenvalue weighted by Gasteiger charge is 2.00. The van der Waals surface area contributed by atoms with Gasteiger partial charge in [-0.05, 0) is 29.9 Å². The van der Waals surface area contributed by atoms with Crippen molar-refractivity contribution in [2.75, 3.05) is 0 Å². The van der Waals surface area contributed by atoms with Gasteiger partial charge < -0.3 is 0 Å². The van der Waals surface area contributed by atoms with Gasteiger partial charge in [-0.15, -0.1) is 0 Å². The molecule has 0 saturated heterocycles. The first-order chi connectivity index (χ1) is 7.77. The molecule has 88 valence electrons. The highest BCUT2D eigenvalue weighted by molar-refractivity contribution is 5.49. The minimum absolute atomic E-state index is 0.679. The van der Waals surface area contributed by atoms with Crippen LogP contribution in [0.5, 0.6) is 0 Å². The van der Waals surface area contributed by atoms with E-state index in [1.165, 1.54) is 36.8 Å². The molecule has 16 heavy (non-hydrogen) atoms. The van der Waals surface area contributed by atoms with Gasteiger partial charge in [-0.3, -0.25) is 0 Å². The van der Waals surface area contributed by atoms with Crippen molar-refractivity contribution in [3.8, 4) is 0 Å². The zero-order valence-electron chi connectivity index (χ0n) is 10.9. The third-order valence-electron chi connectivity index (χ3n) is 3.15. The molecule has 1 rings (SSSR count). The molecule has 0 fully saturated rings. The van der Waals surface area contributed by atoms with Gasteiger partial charge in [0, 0.05) is 0 Å². The predicted molar refractivity (Wildman–Crippen MR) is 73.7 cm³/mol. The number of rotatable bonds is 6. The minimum atomic E-state index is 0.679. The van der Waals surface area contributed by atoms with Gasteiger partial charge in [-0.25, -0.2) is 0 Å². The standard InChI is InChI=1S/C16H24/c1-4-6-7-8-9-15-10-12-16(13-11-15)14(3)5-2/h8-14H,4-7H2,1-3H3. The maximum atomic E-state index is 2.28. The zero-order valence-corrected chi connectivity index (χ0v) is 10.9. The zero-order chi connectivity index (χ0) is 11.8. The fourth-order valence-electron chi connectivity index (χ4n) is 1.71. The summed E-state index contributed by atoms with van der Waals surface area (Å²) in [5.41, 5.74) is 2.77. The predicted octanol–water partition coefficient (Wildman–Crippen LogP) is 5.40. The monoisotopic (exact) mass is 216 g/mol. The molecular weight excluding hydrogens is 192 g/mol. The van der Waals surface area contributed by atoms with E-state index < -0.39 is 0 Å². The topological polar surface area (TPSA) is 0 Å². The lowest BCUT2D eigenvalue weighted by Crippen LogP contribution is -1.90. The largest absolute Gasteiger partial charge is 0.0839 e. The second-order valence-corrected chi connectivity index (χ2v) is 4.52. The number of unbranched alkanes of at least 4 members (excludes halogenated alkanes) is 2. The van der Waals surface area contributed by atoms with Gasteiger partial charge in [-0.1, -0.05) is 70.0 Å². The SMILES string of the molecule is CCCCC=Cc1ccc(C(C)CC)cc1. The smallest absolute Gasteiger partial charge is 0.0193 e. The van der Waals surface area contributed by atoms with Gasteiger partial charge >= 0.3 is 0 Å². The molecule has 1 aromatic carbocycles. The molecule has 0 aliphatic carbocycles. The van der Waals surface area contributed by atoms with Crippen LogP contribution >= 0.6 is 0 Å². The minimum Gasteiger partial charge on any atom is -0.0839 e. The van der Waals surface area contributed by atoms with E-state index in [0.717, 1.165) is 0 Å². The van der Waals surface area contributed by atoms with Crippen LogP contribution in [0.25, 0.3) is 6.08 Å². The Morgan fingerprint density at radius 2 is 1.81 bits per heavy atom. The van der Waals surface area contributed by atoms with Gasteiger partial charge in [0.25, 0.3) is 0 Å². The Labute approximate surface area is 100 Å². The van der Waals surface area contributed by atoms with E-state index in [1.807, 2.05) is 0 Å². The first-order valence-corrected chi connectivity index (χ1v) is 6.54. The van der Waals surface area contributed by atoms with Crippen LogP contribution in [0.3, 0.4) is 0 Å². The van der Waals surface area contributed by atoms with Crippen molar-refractivity contribution in [1.29, 1.82) is 0 Å². The molecule has 0 aliphatic rings. The fraction of sp³-hybridized carbons (Fsp3) is 0.500. The van der Waals surface area contributed by atoms with Crippen molar-refractivity contribution in [2.24, 2.45) is 0 Å². The van der Waals surface area contributed by atoms with Crippen molar-refractivity contribution in [2.45, 2.75) is 52.4 Å². The Hall–Kier alpha value is -1.04. The molecule has 0 saturated carbocycles. The Bertz CT molecular complexity index is 305. The van der Waals surface area contributed by atoms with Gasteiger partial charge in [0.05, 0.1) is 0 Å². The van der Waals surface area contributed by atoms with E-state index >= 15 is 0 Å². The van der Waals surface area contributed by atoms with Gasteiger partial charge in [0.1, 0.15) is 0 Å². The van der Waals surface area contributed by atoms with Crippen LogP contribution in [-0.4, -0.2) is 0 Å². The summed E-state index contributed by atoms with van der Waals surface area (Å²) < 4.78 is 0. The van der Waals surface area contributed by atoms with Crippen LogP contribution in [0, 0.1) is 0 Å². The van der Waals surface area contributed by atoms with Crippen LogP contribution in [0.15, 0.2) is 30.3 Å². The Balaban J connectivity index is 2.54. The van der Waals surface area contributed by atoms with Gasteiger partial charge in [0.15, 0.2) is 0 Å². The average molecular weight is 216 g/mol.